The lowest BCUT2D eigenvalue weighted by Crippen LogP contribution is -2.37. The maximum atomic E-state index is 13.5. The smallest absolute Gasteiger partial charge is 0.459 e. The Morgan fingerprint density at radius 2 is 2.06 bits per heavy atom. The van der Waals surface area contributed by atoms with Gasteiger partial charge in [0.25, 0.3) is 0 Å². The molecule has 0 radical (unpaired) electrons. The molecule has 0 unspecified atom stereocenters. The normalized spacial score (nSPS) is 11.2. The van der Waals surface area contributed by atoms with E-state index in [0.717, 1.165) is 6.07 Å². The first kappa shape index (κ1) is 14.8. The van der Waals surface area contributed by atoms with Crippen molar-refractivity contribution in [2.75, 3.05) is 6.61 Å². The molecule has 1 aromatic carbocycles. The number of carbonyl (C=O) groups is 1. The molecule has 0 heterocycles. The summed E-state index contributed by atoms with van der Waals surface area (Å²) in [5.74, 6) is -3.53. The zero-order valence-corrected chi connectivity index (χ0v) is 11.2. The van der Waals surface area contributed by atoms with E-state index < -0.39 is 23.6 Å². The highest BCUT2D eigenvalue weighted by Gasteiger charge is 2.45. The highest BCUT2D eigenvalue weighted by atomic mass is 79.9. The monoisotopic (exact) mass is 326 g/mol. The lowest BCUT2D eigenvalue weighted by atomic mass is 10.2. The van der Waals surface area contributed by atoms with Crippen LogP contribution >= 0.6 is 15.9 Å². The van der Waals surface area contributed by atoms with E-state index in [-0.39, 0.29) is 12.2 Å². The van der Waals surface area contributed by atoms with Crippen molar-refractivity contribution < 1.29 is 27.4 Å². The minimum Gasteiger partial charge on any atom is -0.459 e. The van der Waals surface area contributed by atoms with E-state index in [2.05, 4.69) is 25.4 Å². The molecule has 0 aromatic heterocycles. The third-order valence-electron chi connectivity index (χ3n) is 1.94. The van der Waals surface area contributed by atoms with Gasteiger partial charge in [-0.15, -0.1) is 0 Å². The Balaban J connectivity index is 3.00. The Bertz CT molecular complexity index is 440. The first-order valence-electron chi connectivity index (χ1n) is 4.97. The minimum atomic E-state index is -4.23. The number of alkyl halides is 2. The van der Waals surface area contributed by atoms with Crippen LogP contribution in [0, 0.1) is 12.7 Å². The van der Waals surface area contributed by atoms with E-state index in [0.29, 0.717) is 4.47 Å². The Kier molecular flexibility index (Phi) is 4.61. The SMILES string of the molecule is CCOC(=O)C(F)(F)Oc1c(C)cc(Br)cc1F. The average molecular weight is 327 g/mol. The van der Waals surface area contributed by atoms with Gasteiger partial charge in [0, 0.05) is 4.47 Å². The van der Waals surface area contributed by atoms with Crippen molar-refractivity contribution in [2.45, 2.75) is 20.0 Å². The van der Waals surface area contributed by atoms with Gasteiger partial charge in [0.05, 0.1) is 6.61 Å². The second-order valence-corrected chi connectivity index (χ2v) is 4.29. The summed E-state index contributed by atoms with van der Waals surface area (Å²) in [6, 6.07) is 2.35. The summed E-state index contributed by atoms with van der Waals surface area (Å²) in [6.45, 7) is 2.53. The summed E-state index contributed by atoms with van der Waals surface area (Å²) in [6.07, 6.45) is -4.23. The number of benzene rings is 1. The van der Waals surface area contributed by atoms with Crippen LogP contribution in [0.4, 0.5) is 13.2 Å². The van der Waals surface area contributed by atoms with Crippen LogP contribution in [-0.4, -0.2) is 18.7 Å². The van der Waals surface area contributed by atoms with Gasteiger partial charge in [-0.1, -0.05) is 15.9 Å². The Morgan fingerprint density at radius 1 is 1.44 bits per heavy atom. The molecule has 0 saturated carbocycles. The topological polar surface area (TPSA) is 35.5 Å². The van der Waals surface area contributed by atoms with E-state index in [4.69, 9.17) is 0 Å². The fraction of sp³-hybridized carbons (Fsp3) is 0.364. The molecule has 0 amide bonds. The van der Waals surface area contributed by atoms with Crippen LogP contribution in [0.15, 0.2) is 16.6 Å². The molecule has 0 atom stereocenters. The van der Waals surface area contributed by atoms with Crippen LogP contribution in [0.3, 0.4) is 0 Å². The van der Waals surface area contributed by atoms with Gasteiger partial charge in [-0.2, -0.15) is 8.78 Å². The number of halogens is 4. The Hall–Kier alpha value is -1.24. The number of ether oxygens (including phenoxy) is 2. The van der Waals surface area contributed by atoms with Crippen molar-refractivity contribution in [1.82, 2.24) is 0 Å². The molecule has 1 aromatic rings. The van der Waals surface area contributed by atoms with E-state index in [1.54, 1.807) is 0 Å². The van der Waals surface area contributed by atoms with Crippen LogP contribution in [-0.2, 0) is 9.53 Å². The second-order valence-electron chi connectivity index (χ2n) is 3.37. The molecule has 0 aliphatic carbocycles. The maximum absolute atomic E-state index is 13.5. The molecule has 0 fully saturated rings. The van der Waals surface area contributed by atoms with E-state index in [9.17, 15) is 18.0 Å². The van der Waals surface area contributed by atoms with Crippen molar-refractivity contribution >= 4 is 21.9 Å². The zero-order chi connectivity index (χ0) is 13.9. The number of aryl methyl sites for hydroxylation is 1. The van der Waals surface area contributed by atoms with Gasteiger partial charge in [-0.25, -0.2) is 9.18 Å². The average Bonchev–Trinajstić information content (AvgIpc) is 2.23. The molecule has 3 nitrogen and oxygen atoms in total. The number of carbonyl (C=O) groups excluding carboxylic acids is 1. The summed E-state index contributed by atoms with van der Waals surface area (Å²) in [4.78, 5) is 10.9. The number of hydrogen-bond donors (Lipinski definition) is 0. The molecule has 1 rings (SSSR count). The molecule has 18 heavy (non-hydrogen) atoms. The van der Waals surface area contributed by atoms with Gasteiger partial charge < -0.3 is 9.47 Å². The van der Waals surface area contributed by atoms with Crippen LogP contribution < -0.4 is 4.74 Å². The predicted molar refractivity (Wildman–Crippen MR) is 61.0 cm³/mol. The van der Waals surface area contributed by atoms with Gasteiger partial charge in [0.1, 0.15) is 0 Å². The molecule has 7 heteroatoms. The van der Waals surface area contributed by atoms with Crippen molar-refractivity contribution in [3.63, 3.8) is 0 Å². The third kappa shape index (κ3) is 3.38. The fourth-order valence-corrected chi connectivity index (χ4v) is 1.75. The largest absolute Gasteiger partial charge is 0.502 e. The summed E-state index contributed by atoms with van der Waals surface area (Å²) < 4.78 is 48.6. The quantitative estimate of drug-likeness (QED) is 0.795. The molecule has 0 aliphatic heterocycles. The van der Waals surface area contributed by atoms with Crippen molar-refractivity contribution in [2.24, 2.45) is 0 Å². The van der Waals surface area contributed by atoms with Gasteiger partial charge in [-0.3, -0.25) is 0 Å². The lowest BCUT2D eigenvalue weighted by molar-refractivity contribution is -0.217. The van der Waals surface area contributed by atoms with E-state index in [1.165, 1.54) is 19.9 Å². The minimum absolute atomic E-state index is 0.130. The zero-order valence-electron chi connectivity index (χ0n) is 9.60. The first-order chi connectivity index (χ1) is 8.27. The highest BCUT2D eigenvalue weighted by molar-refractivity contribution is 9.10. The molecule has 100 valence electrons. The summed E-state index contributed by atoms with van der Waals surface area (Å²) in [5, 5.41) is 0. The Labute approximate surface area is 110 Å². The molecule has 0 N–H and O–H groups in total. The predicted octanol–water partition coefficient (Wildman–Crippen LogP) is 3.43. The lowest BCUT2D eigenvalue weighted by Gasteiger charge is -2.17. The third-order valence-corrected chi connectivity index (χ3v) is 2.40. The molecule has 0 spiro atoms. The number of esters is 1. The summed E-state index contributed by atoms with van der Waals surface area (Å²) >= 11 is 3.01. The maximum Gasteiger partial charge on any atom is 0.502 e. The standard InChI is InChI=1S/C11H10BrF3O3/c1-3-17-10(16)11(14,15)18-9-6(2)4-7(12)5-8(9)13/h4-5H,3H2,1-2H3. The van der Waals surface area contributed by atoms with Crippen LogP contribution in [0.5, 0.6) is 5.75 Å². The summed E-state index contributed by atoms with van der Waals surface area (Å²) in [7, 11) is 0. The number of rotatable bonds is 4. The van der Waals surface area contributed by atoms with Crippen LogP contribution in [0.1, 0.15) is 12.5 Å². The van der Waals surface area contributed by atoms with Crippen molar-refractivity contribution in [3.05, 3.63) is 28.0 Å². The van der Waals surface area contributed by atoms with Gasteiger partial charge in [0.2, 0.25) is 0 Å². The fourth-order valence-electron chi connectivity index (χ4n) is 1.20. The molecule has 0 saturated heterocycles. The molecule has 0 bridgehead atoms. The Morgan fingerprint density at radius 3 is 2.56 bits per heavy atom. The number of hydrogen-bond acceptors (Lipinski definition) is 3. The van der Waals surface area contributed by atoms with Gasteiger partial charge in [-0.05, 0) is 31.5 Å². The second kappa shape index (κ2) is 5.60. The van der Waals surface area contributed by atoms with Crippen LogP contribution in [0.25, 0.3) is 0 Å². The molecular weight excluding hydrogens is 317 g/mol. The van der Waals surface area contributed by atoms with Crippen molar-refractivity contribution in [1.29, 1.82) is 0 Å². The van der Waals surface area contributed by atoms with Gasteiger partial charge in [0.15, 0.2) is 11.6 Å². The molecular formula is C11H10BrF3O3. The first-order valence-corrected chi connectivity index (χ1v) is 5.77. The van der Waals surface area contributed by atoms with Crippen molar-refractivity contribution in [3.8, 4) is 5.75 Å². The van der Waals surface area contributed by atoms with E-state index >= 15 is 0 Å². The molecule has 0 aliphatic rings. The summed E-state index contributed by atoms with van der Waals surface area (Å²) in [5.41, 5.74) is 0.130. The van der Waals surface area contributed by atoms with Gasteiger partial charge >= 0.3 is 12.1 Å². The van der Waals surface area contributed by atoms with E-state index in [1.807, 2.05) is 0 Å². The highest BCUT2D eigenvalue weighted by Crippen LogP contribution is 2.31. The van der Waals surface area contributed by atoms with Crippen LogP contribution in [0.2, 0.25) is 0 Å².